The average molecular weight is 1270 g/mol. The number of rotatable bonds is 17. The van der Waals surface area contributed by atoms with Crippen LogP contribution in [0.15, 0.2) is 134 Å². The van der Waals surface area contributed by atoms with Gasteiger partial charge in [0, 0.05) is 23.3 Å². The normalized spacial score (nSPS) is 21.8. The second-order valence-corrected chi connectivity index (χ2v) is 26.1. The SMILES string of the molecule is C=CCCC1CCC(C2CCC(c3ccc(C)cc3)CC2)CC1.CCCC1CCC(C2CCC(c3ccc(-c4cc(F)c(F)c(F)c4)c(F)c3)CC2)CC1.CCCc1ccc(-c2ccc(-c3cc(F)c(C(F)(F)Oc4cc(F)c(F)c(F)c4)c(F)c3)c(F)c2)cc1. The monoisotopic (exact) mass is 1260 g/mol. The predicted octanol–water partition coefficient (Wildman–Crippen LogP) is 24.8. The van der Waals surface area contributed by atoms with Gasteiger partial charge in [-0.1, -0.05) is 143 Å². The van der Waals surface area contributed by atoms with Crippen LogP contribution in [-0.2, 0) is 12.5 Å². The Morgan fingerprint density at radius 1 is 0.418 bits per heavy atom. The predicted molar refractivity (Wildman–Crippen MR) is 340 cm³/mol. The smallest absolute Gasteiger partial charge is 0.429 e. The third-order valence-corrected chi connectivity index (χ3v) is 20.1. The Labute approximate surface area is 529 Å². The minimum absolute atomic E-state index is 0.0165. The number of hydrogen-bond donors (Lipinski definition) is 0. The van der Waals surface area contributed by atoms with Crippen LogP contribution in [0.4, 0.5) is 52.7 Å². The van der Waals surface area contributed by atoms with Crippen molar-refractivity contribution in [1.82, 2.24) is 0 Å². The molecule has 0 spiro atoms. The summed E-state index contributed by atoms with van der Waals surface area (Å²) in [4.78, 5) is 0. The number of alkyl halides is 2. The van der Waals surface area contributed by atoms with Crippen molar-refractivity contribution in [2.24, 2.45) is 35.5 Å². The van der Waals surface area contributed by atoms with Crippen molar-refractivity contribution in [2.45, 2.75) is 180 Å². The van der Waals surface area contributed by atoms with Crippen LogP contribution >= 0.6 is 0 Å². The number of allylic oxidation sites excluding steroid dienone is 1. The van der Waals surface area contributed by atoms with Gasteiger partial charge in [-0.05, 0) is 226 Å². The highest BCUT2D eigenvalue weighted by atomic mass is 19.3. The molecule has 13 heteroatoms. The Kier molecular flexibility index (Phi) is 23.9. The molecule has 7 aromatic carbocycles. The summed E-state index contributed by atoms with van der Waals surface area (Å²) in [7, 11) is 0. The van der Waals surface area contributed by atoms with Gasteiger partial charge in [-0.25, -0.2) is 43.9 Å². The zero-order chi connectivity index (χ0) is 64.9. The molecule has 4 fully saturated rings. The maximum atomic E-state index is 14.9. The van der Waals surface area contributed by atoms with Crippen LogP contribution in [0.3, 0.4) is 0 Å². The quantitative estimate of drug-likeness (QED) is 0.0502. The molecular formula is C78H84F12O. The molecule has 0 N–H and O–H groups in total. The third-order valence-electron chi connectivity index (χ3n) is 20.1. The zero-order valence-electron chi connectivity index (χ0n) is 52.5. The van der Waals surface area contributed by atoms with Crippen LogP contribution in [0, 0.1) is 101 Å². The molecule has 0 aliphatic heterocycles. The van der Waals surface area contributed by atoms with Crippen molar-refractivity contribution in [3.8, 4) is 39.1 Å². The fourth-order valence-corrected chi connectivity index (χ4v) is 15.0. The van der Waals surface area contributed by atoms with E-state index in [4.69, 9.17) is 0 Å². The van der Waals surface area contributed by atoms with Gasteiger partial charge >= 0.3 is 6.11 Å². The molecule has 0 saturated heterocycles. The summed E-state index contributed by atoms with van der Waals surface area (Å²) in [6.07, 6.45) is 26.3. The van der Waals surface area contributed by atoms with Gasteiger partial charge in [-0.3, -0.25) is 0 Å². The van der Waals surface area contributed by atoms with E-state index in [0.717, 1.165) is 96.4 Å². The summed E-state index contributed by atoms with van der Waals surface area (Å²) in [5.41, 5.74) is 3.88. The van der Waals surface area contributed by atoms with Gasteiger partial charge in [0.25, 0.3) is 0 Å². The Morgan fingerprint density at radius 3 is 1.29 bits per heavy atom. The standard InChI is InChI=1S/C28H18F8O.C27H32F4.C23H34/c1-2-3-15-4-6-16(7-5-15)17-8-9-20(21(29)10-17)18-11-22(30)26(23(31)12-18)28(35,36)37-19-13-24(32)27(34)25(33)14-19;1-2-3-17-4-6-18(7-5-17)19-8-10-20(11-9-19)21-12-13-23(24(28)14-21)22-15-25(29)27(31)26(30)16-22;1-3-4-5-19-8-12-21(13-9-19)23-16-14-22(15-17-23)20-10-6-18(2)7-11-20/h4-14H,2-3H2,1H3;12-20H,2-11H2,1H3;3,6-7,10-11,19,21-23H,1,4-5,8-9,12-17H2,2H3. The fourth-order valence-electron chi connectivity index (χ4n) is 15.0. The molecule has 4 aliphatic carbocycles. The van der Waals surface area contributed by atoms with E-state index in [2.05, 4.69) is 55.5 Å². The molecule has 1 nitrogen and oxygen atoms in total. The second-order valence-electron chi connectivity index (χ2n) is 26.1. The Morgan fingerprint density at radius 2 is 0.824 bits per heavy atom. The van der Waals surface area contributed by atoms with Crippen molar-refractivity contribution >= 4 is 0 Å². The molecular weight excluding hydrogens is 1180 g/mol. The first-order valence-corrected chi connectivity index (χ1v) is 32.9. The summed E-state index contributed by atoms with van der Waals surface area (Å²) < 4.78 is 172. The van der Waals surface area contributed by atoms with Crippen LogP contribution in [0.5, 0.6) is 5.75 Å². The van der Waals surface area contributed by atoms with E-state index in [0.29, 0.717) is 29.2 Å². The topological polar surface area (TPSA) is 9.23 Å². The zero-order valence-corrected chi connectivity index (χ0v) is 52.5. The van der Waals surface area contributed by atoms with Gasteiger partial charge in [-0.2, -0.15) is 8.78 Å². The van der Waals surface area contributed by atoms with Gasteiger partial charge in [0.05, 0.1) is 0 Å². The highest BCUT2D eigenvalue weighted by molar-refractivity contribution is 5.72. The Hall–Kier alpha value is -6.76. The Balaban J connectivity index is 0.000000166. The van der Waals surface area contributed by atoms with E-state index < -0.39 is 75.6 Å². The first kappa shape index (κ1) is 68.6. The largest absolute Gasteiger partial charge is 0.432 e. The summed E-state index contributed by atoms with van der Waals surface area (Å²) in [5, 5.41) is 0. The molecule has 0 unspecified atom stereocenters. The molecule has 91 heavy (non-hydrogen) atoms. The van der Waals surface area contributed by atoms with Gasteiger partial charge < -0.3 is 4.74 Å². The first-order valence-electron chi connectivity index (χ1n) is 32.9. The molecule has 0 aromatic heterocycles. The van der Waals surface area contributed by atoms with Crippen LogP contribution in [0.1, 0.15) is 188 Å². The molecule has 4 aliphatic rings. The Bertz CT molecular complexity index is 3440. The molecule has 0 amide bonds. The molecule has 11 rings (SSSR count). The van der Waals surface area contributed by atoms with Crippen molar-refractivity contribution < 1.29 is 57.4 Å². The summed E-state index contributed by atoms with van der Waals surface area (Å²) >= 11 is 0. The van der Waals surface area contributed by atoms with E-state index in [1.165, 1.54) is 139 Å². The fraction of sp³-hybridized carbons (Fsp3) is 0.436. The van der Waals surface area contributed by atoms with E-state index >= 15 is 0 Å². The number of halogens is 12. The number of aryl methyl sites for hydroxylation is 2. The average Bonchev–Trinajstić information content (AvgIpc) is 0.935. The summed E-state index contributed by atoms with van der Waals surface area (Å²) in [6, 6.07) is 28.5. The van der Waals surface area contributed by atoms with Gasteiger partial charge in [0.1, 0.15) is 34.6 Å². The van der Waals surface area contributed by atoms with Crippen molar-refractivity contribution in [1.29, 1.82) is 0 Å². The highest BCUT2D eigenvalue weighted by Crippen LogP contribution is 2.47. The molecule has 0 atom stereocenters. The van der Waals surface area contributed by atoms with E-state index in [9.17, 15) is 52.7 Å². The van der Waals surface area contributed by atoms with Gasteiger partial charge in [-0.15, -0.1) is 6.58 Å². The van der Waals surface area contributed by atoms with E-state index in [1.807, 2.05) is 37.3 Å². The van der Waals surface area contributed by atoms with Crippen LogP contribution in [-0.4, -0.2) is 0 Å². The molecule has 7 aromatic rings. The third kappa shape index (κ3) is 17.7. The van der Waals surface area contributed by atoms with E-state index in [-0.39, 0.29) is 34.4 Å². The molecule has 0 radical (unpaired) electrons. The molecule has 0 bridgehead atoms. The van der Waals surface area contributed by atoms with Crippen LogP contribution in [0.2, 0.25) is 0 Å². The van der Waals surface area contributed by atoms with Crippen LogP contribution < -0.4 is 4.74 Å². The number of ether oxygens (including phenoxy) is 1. The molecule has 0 heterocycles. The lowest BCUT2D eigenvalue weighted by Crippen LogP contribution is -2.25. The summed E-state index contributed by atoms with van der Waals surface area (Å²) in [6.45, 7) is 10.4. The minimum Gasteiger partial charge on any atom is -0.429 e. The maximum Gasteiger partial charge on any atom is 0.432 e. The number of hydrogen-bond acceptors (Lipinski definition) is 1. The van der Waals surface area contributed by atoms with Gasteiger partial charge in [0.2, 0.25) is 0 Å². The summed E-state index contributed by atoms with van der Waals surface area (Å²) in [5.74, 6) is -9.09. The van der Waals surface area contributed by atoms with Gasteiger partial charge in [0.15, 0.2) is 34.9 Å². The van der Waals surface area contributed by atoms with E-state index in [1.54, 1.807) is 11.6 Å². The lowest BCUT2D eigenvalue weighted by Gasteiger charge is -2.38. The van der Waals surface area contributed by atoms with Crippen LogP contribution in [0.25, 0.3) is 33.4 Å². The maximum absolute atomic E-state index is 14.9. The lowest BCUT2D eigenvalue weighted by molar-refractivity contribution is -0.189. The first-order chi connectivity index (χ1) is 43.7. The number of benzene rings is 7. The molecule has 4 saturated carbocycles. The van der Waals surface area contributed by atoms with Crippen molar-refractivity contribution in [3.05, 3.63) is 220 Å². The minimum atomic E-state index is -4.74. The lowest BCUT2D eigenvalue weighted by atomic mass is 9.68. The highest BCUT2D eigenvalue weighted by Gasteiger charge is 2.42. The van der Waals surface area contributed by atoms with Crippen molar-refractivity contribution in [2.75, 3.05) is 0 Å². The second kappa shape index (κ2) is 31.7. The molecule has 486 valence electrons. The van der Waals surface area contributed by atoms with Crippen molar-refractivity contribution in [3.63, 3.8) is 0 Å².